The standard InChI is InChI=1S/C34H21F6OP/c35-33(36,37)24-13-17-26(18-14-24)42(41,27-19-15-25(16-20-27)34(38,39)40)31-21-12-23-7-2-4-10-29(23)32(31)30-11-5-8-22-6-1-3-9-28(22)30/h1-21H. The normalized spacial score (nSPS) is 12.6. The molecule has 0 aliphatic carbocycles. The van der Waals surface area contributed by atoms with E-state index < -0.39 is 30.6 Å². The maximum atomic E-state index is 15.6. The Morgan fingerprint density at radius 3 is 1.43 bits per heavy atom. The minimum absolute atomic E-state index is 0.0760. The Balaban J connectivity index is 1.71. The topological polar surface area (TPSA) is 17.1 Å². The molecule has 8 heteroatoms. The third-order valence-electron chi connectivity index (χ3n) is 7.42. The van der Waals surface area contributed by atoms with Gasteiger partial charge in [-0.15, -0.1) is 0 Å². The van der Waals surface area contributed by atoms with Crippen LogP contribution in [0, 0.1) is 0 Å². The maximum absolute atomic E-state index is 15.6. The third kappa shape index (κ3) is 4.78. The van der Waals surface area contributed by atoms with Crippen LogP contribution in [0.2, 0.25) is 0 Å². The highest BCUT2D eigenvalue weighted by molar-refractivity contribution is 7.85. The first kappa shape index (κ1) is 27.8. The number of benzene rings is 6. The summed E-state index contributed by atoms with van der Waals surface area (Å²) in [6, 6.07) is 32.3. The zero-order valence-electron chi connectivity index (χ0n) is 21.7. The zero-order chi connectivity index (χ0) is 29.7. The molecule has 0 radical (unpaired) electrons. The first-order valence-corrected chi connectivity index (χ1v) is 14.6. The Morgan fingerprint density at radius 2 is 0.905 bits per heavy atom. The zero-order valence-corrected chi connectivity index (χ0v) is 22.6. The molecular weight excluding hydrogens is 569 g/mol. The van der Waals surface area contributed by atoms with Crippen molar-refractivity contribution in [1.82, 2.24) is 0 Å². The summed E-state index contributed by atoms with van der Waals surface area (Å²) < 4.78 is 96.3. The summed E-state index contributed by atoms with van der Waals surface area (Å²) in [7, 11) is -4.04. The Bertz CT molecular complexity index is 1910. The molecule has 0 aliphatic heterocycles. The van der Waals surface area contributed by atoms with Crippen LogP contribution in [0.15, 0.2) is 127 Å². The van der Waals surface area contributed by atoms with E-state index in [2.05, 4.69) is 0 Å². The second-order valence-electron chi connectivity index (χ2n) is 9.91. The highest BCUT2D eigenvalue weighted by atomic mass is 31.2. The number of hydrogen-bond donors (Lipinski definition) is 0. The van der Waals surface area contributed by atoms with Crippen LogP contribution in [0.1, 0.15) is 11.1 Å². The second-order valence-corrected chi connectivity index (χ2v) is 12.6. The van der Waals surface area contributed by atoms with Gasteiger partial charge in [0.25, 0.3) is 0 Å². The largest absolute Gasteiger partial charge is 0.416 e. The second kappa shape index (κ2) is 10.2. The Morgan fingerprint density at radius 1 is 0.452 bits per heavy atom. The first-order chi connectivity index (χ1) is 20.0. The number of hydrogen-bond acceptors (Lipinski definition) is 1. The predicted molar refractivity (Wildman–Crippen MR) is 156 cm³/mol. The fourth-order valence-corrected chi connectivity index (χ4v) is 8.23. The van der Waals surface area contributed by atoms with E-state index in [1.807, 2.05) is 66.7 Å². The van der Waals surface area contributed by atoms with E-state index >= 15 is 4.57 Å². The van der Waals surface area contributed by atoms with Crippen molar-refractivity contribution in [3.05, 3.63) is 139 Å². The number of rotatable bonds is 4. The molecule has 0 bridgehead atoms. The molecule has 6 aromatic carbocycles. The molecule has 0 aromatic heterocycles. The molecule has 0 unspecified atom stereocenters. The summed E-state index contributed by atoms with van der Waals surface area (Å²) in [4.78, 5) is 0. The van der Waals surface area contributed by atoms with Crippen molar-refractivity contribution in [2.45, 2.75) is 12.4 Å². The number of halogens is 6. The van der Waals surface area contributed by atoms with E-state index in [9.17, 15) is 26.3 Å². The summed E-state index contributed by atoms with van der Waals surface area (Å²) in [5.41, 5.74) is -0.483. The van der Waals surface area contributed by atoms with Crippen LogP contribution in [-0.2, 0) is 16.9 Å². The van der Waals surface area contributed by atoms with Gasteiger partial charge in [-0.1, -0.05) is 97.1 Å². The average molecular weight is 591 g/mol. The van der Waals surface area contributed by atoms with E-state index in [0.717, 1.165) is 75.6 Å². The fourth-order valence-electron chi connectivity index (χ4n) is 5.40. The minimum atomic E-state index is -4.62. The van der Waals surface area contributed by atoms with Gasteiger partial charge in [-0.25, -0.2) is 0 Å². The quantitative estimate of drug-likeness (QED) is 0.148. The summed E-state index contributed by atoms with van der Waals surface area (Å²) in [6.45, 7) is 0. The van der Waals surface area contributed by atoms with Gasteiger partial charge in [0.2, 0.25) is 0 Å². The molecule has 0 atom stereocenters. The van der Waals surface area contributed by atoms with Crippen LogP contribution in [0.3, 0.4) is 0 Å². The van der Waals surface area contributed by atoms with Gasteiger partial charge >= 0.3 is 12.4 Å². The van der Waals surface area contributed by atoms with Crippen molar-refractivity contribution >= 4 is 44.6 Å². The molecule has 6 rings (SSSR count). The highest BCUT2D eigenvalue weighted by Crippen LogP contribution is 2.48. The molecule has 0 spiro atoms. The third-order valence-corrected chi connectivity index (χ3v) is 10.5. The Kier molecular flexibility index (Phi) is 6.74. The van der Waals surface area contributed by atoms with Crippen LogP contribution in [0.25, 0.3) is 32.7 Å². The predicted octanol–water partition coefficient (Wildman–Crippen LogP) is 9.34. The van der Waals surface area contributed by atoms with Crippen LogP contribution in [-0.4, -0.2) is 0 Å². The summed E-state index contributed by atoms with van der Waals surface area (Å²) >= 11 is 0. The lowest BCUT2D eigenvalue weighted by Crippen LogP contribution is -2.27. The van der Waals surface area contributed by atoms with E-state index in [1.165, 1.54) is 0 Å². The van der Waals surface area contributed by atoms with Gasteiger partial charge < -0.3 is 4.57 Å². The highest BCUT2D eigenvalue weighted by Gasteiger charge is 2.37. The molecule has 0 amide bonds. The molecule has 1 nitrogen and oxygen atoms in total. The first-order valence-electron chi connectivity index (χ1n) is 12.9. The number of fused-ring (bicyclic) bond motifs is 2. The molecule has 0 aliphatic rings. The molecule has 210 valence electrons. The maximum Gasteiger partial charge on any atom is 0.416 e. The van der Waals surface area contributed by atoms with E-state index in [1.54, 1.807) is 12.1 Å². The van der Waals surface area contributed by atoms with Gasteiger partial charge in [0.05, 0.1) is 11.1 Å². The van der Waals surface area contributed by atoms with Crippen LogP contribution in [0.4, 0.5) is 26.3 Å². The van der Waals surface area contributed by atoms with Crippen molar-refractivity contribution in [2.75, 3.05) is 0 Å². The van der Waals surface area contributed by atoms with Gasteiger partial charge in [0.15, 0.2) is 7.14 Å². The van der Waals surface area contributed by atoms with Gasteiger partial charge in [0, 0.05) is 21.5 Å². The van der Waals surface area contributed by atoms with Crippen molar-refractivity contribution in [3.63, 3.8) is 0 Å². The smallest absolute Gasteiger partial charge is 0.309 e. The van der Waals surface area contributed by atoms with Crippen molar-refractivity contribution in [1.29, 1.82) is 0 Å². The summed E-state index contributed by atoms with van der Waals surface area (Å²) in [6.07, 6.45) is -9.23. The number of alkyl halides is 6. The van der Waals surface area contributed by atoms with Crippen LogP contribution >= 0.6 is 7.14 Å². The van der Waals surface area contributed by atoms with Crippen LogP contribution in [0.5, 0.6) is 0 Å². The van der Waals surface area contributed by atoms with E-state index in [4.69, 9.17) is 0 Å². The molecule has 0 heterocycles. The van der Waals surface area contributed by atoms with Crippen LogP contribution < -0.4 is 15.9 Å². The minimum Gasteiger partial charge on any atom is -0.309 e. The van der Waals surface area contributed by atoms with E-state index in [0.29, 0.717) is 10.9 Å². The van der Waals surface area contributed by atoms with Gasteiger partial charge in [-0.2, -0.15) is 26.3 Å². The van der Waals surface area contributed by atoms with Crippen molar-refractivity contribution in [3.8, 4) is 11.1 Å². The SMILES string of the molecule is O=P(c1ccc(C(F)(F)F)cc1)(c1ccc(C(F)(F)F)cc1)c1ccc2ccccc2c1-c1cccc2ccccc12. The lowest BCUT2D eigenvalue weighted by Gasteiger charge is -2.25. The summed E-state index contributed by atoms with van der Waals surface area (Å²) in [5.74, 6) is 0. The monoisotopic (exact) mass is 590 g/mol. The average Bonchev–Trinajstić information content (AvgIpc) is 2.99. The lowest BCUT2D eigenvalue weighted by atomic mass is 9.94. The van der Waals surface area contributed by atoms with Gasteiger partial charge in [0.1, 0.15) is 0 Å². The lowest BCUT2D eigenvalue weighted by molar-refractivity contribution is -0.138. The van der Waals surface area contributed by atoms with Gasteiger partial charge in [-0.3, -0.25) is 0 Å². The molecule has 0 saturated heterocycles. The fraction of sp³-hybridized carbons (Fsp3) is 0.0588. The van der Waals surface area contributed by atoms with Crippen molar-refractivity contribution in [2.24, 2.45) is 0 Å². The molecular formula is C34H21F6OP. The van der Waals surface area contributed by atoms with E-state index in [-0.39, 0.29) is 10.6 Å². The van der Waals surface area contributed by atoms with Crippen molar-refractivity contribution < 1.29 is 30.9 Å². The molecule has 0 fully saturated rings. The molecule has 6 aromatic rings. The molecule has 42 heavy (non-hydrogen) atoms. The Labute approximate surface area is 237 Å². The Hall–Kier alpha value is -4.35. The molecule has 0 N–H and O–H groups in total. The molecule has 0 saturated carbocycles. The summed E-state index contributed by atoms with van der Waals surface area (Å²) in [5, 5.41) is 3.86. The van der Waals surface area contributed by atoms with Gasteiger partial charge in [-0.05, 0) is 57.4 Å².